The van der Waals surface area contributed by atoms with E-state index in [1.54, 1.807) is 0 Å². The molecule has 0 bridgehead atoms. The van der Waals surface area contributed by atoms with Gasteiger partial charge in [0.25, 0.3) is 0 Å². The summed E-state index contributed by atoms with van der Waals surface area (Å²) in [7, 11) is 1.24. The van der Waals surface area contributed by atoms with Gasteiger partial charge in [0, 0.05) is 13.1 Å². The number of alkyl carbamates (subject to hydrolysis) is 1. The lowest BCUT2D eigenvalue weighted by atomic mass is 10.2. The summed E-state index contributed by atoms with van der Waals surface area (Å²) >= 11 is 0. The molecule has 0 aliphatic rings. The van der Waals surface area contributed by atoms with Crippen LogP contribution < -0.4 is 15.4 Å². The van der Waals surface area contributed by atoms with Crippen molar-refractivity contribution in [3.8, 4) is 5.75 Å². The second-order valence-electron chi connectivity index (χ2n) is 6.87. The van der Waals surface area contributed by atoms with Crippen molar-refractivity contribution in [1.82, 2.24) is 10.6 Å². The molecule has 8 heteroatoms. The topological polar surface area (TPSA) is 85.9 Å². The first-order valence-electron chi connectivity index (χ1n) is 8.91. The van der Waals surface area contributed by atoms with Crippen LogP contribution in [0.5, 0.6) is 5.75 Å². The van der Waals surface area contributed by atoms with Crippen LogP contribution in [0.1, 0.15) is 44.0 Å². The number of esters is 1. The summed E-state index contributed by atoms with van der Waals surface area (Å²) in [5, 5.41) is 5.87. The molecule has 0 atom stereocenters. The molecule has 0 spiro atoms. The van der Waals surface area contributed by atoms with E-state index in [9.17, 15) is 14.0 Å². The summed E-state index contributed by atoms with van der Waals surface area (Å²) in [4.78, 5) is 23.1. The minimum Gasteiger partial charge on any atom is -0.493 e. The van der Waals surface area contributed by atoms with Crippen LogP contribution in [0.3, 0.4) is 0 Å². The van der Waals surface area contributed by atoms with E-state index in [2.05, 4.69) is 15.4 Å². The first-order valence-corrected chi connectivity index (χ1v) is 8.91. The normalized spacial score (nSPS) is 11.0. The van der Waals surface area contributed by atoms with Gasteiger partial charge in [-0.1, -0.05) is 0 Å². The molecule has 1 amide bonds. The number of amides is 1. The largest absolute Gasteiger partial charge is 0.493 e. The Morgan fingerprint density at radius 1 is 1.11 bits per heavy atom. The molecule has 7 nitrogen and oxygen atoms in total. The molecule has 0 aliphatic carbocycles. The van der Waals surface area contributed by atoms with Gasteiger partial charge < -0.3 is 24.8 Å². The number of methoxy groups -OCH3 is 1. The molecule has 1 rings (SSSR count). The lowest BCUT2D eigenvalue weighted by Gasteiger charge is -2.19. The summed E-state index contributed by atoms with van der Waals surface area (Å²) in [6.07, 6.45) is 1.17. The molecule has 152 valence electrons. The van der Waals surface area contributed by atoms with Crippen LogP contribution in [0.15, 0.2) is 18.2 Å². The van der Waals surface area contributed by atoms with Crippen LogP contribution in [0.4, 0.5) is 9.18 Å². The van der Waals surface area contributed by atoms with Crippen molar-refractivity contribution in [2.45, 2.75) is 39.2 Å². The summed E-state index contributed by atoms with van der Waals surface area (Å²) < 4.78 is 28.6. The Kier molecular flexibility index (Phi) is 9.56. The van der Waals surface area contributed by atoms with E-state index >= 15 is 0 Å². The fourth-order valence-electron chi connectivity index (χ4n) is 2.12. The SMILES string of the molecule is COC(=O)c1cc(F)ccc1OCCCCNCCNC(=O)OC(C)(C)C. The monoisotopic (exact) mass is 384 g/mol. The van der Waals surface area contributed by atoms with Gasteiger partial charge >= 0.3 is 12.1 Å². The molecule has 1 aromatic carbocycles. The third-order valence-electron chi connectivity index (χ3n) is 3.32. The van der Waals surface area contributed by atoms with E-state index in [-0.39, 0.29) is 5.56 Å². The predicted octanol–water partition coefficient (Wildman–Crippen LogP) is 2.89. The van der Waals surface area contributed by atoms with E-state index in [0.29, 0.717) is 25.4 Å². The second kappa shape index (κ2) is 11.4. The van der Waals surface area contributed by atoms with Crippen LogP contribution in [-0.4, -0.2) is 51.0 Å². The van der Waals surface area contributed by atoms with E-state index in [0.717, 1.165) is 25.5 Å². The Balaban J connectivity index is 2.15. The summed E-state index contributed by atoms with van der Waals surface area (Å²) in [6, 6.07) is 3.75. The molecule has 27 heavy (non-hydrogen) atoms. The molecular formula is C19H29FN2O5. The third kappa shape index (κ3) is 9.79. The zero-order valence-electron chi connectivity index (χ0n) is 16.4. The van der Waals surface area contributed by atoms with E-state index in [4.69, 9.17) is 9.47 Å². The highest BCUT2D eigenvalue weighted by molar-refractivity contribution is 5.92. The number of unbranched alkanes of at least 4 members (excludes halogenated alkanes) is 1. The van der Waals surface area contributed by atoms with E-state index in [1.165, 1.54) is 19.2 Å². The average molecular weight is 384 g/mol. The van der Waals surface area contributed by atoms with Crippen LogP contribution in [0, 0.1) is 5.82 Å². The highest BCUT2D eigenvalue weighted by Crippen LogP contribution is 2.21. The number of nitrogens with one attached hydrogen (secondary N) is 2. The molecule has 2 N–H and O–H groups in total. The molecule has 0 saturated heterocycles. The van der Waals surface area contributed by atoms with E-state index in [1.807, 2.05) is 20.8 Å². The lowest BCUT2D eigenvalue weighted by Crippen LogP contribution is -2.36. The average Bonchev–Trinajstić information content (AvgIpc) is 2.59. The second-order valence-corrected chi connectivity index (χ2v) is 6.87. The minimum absolute atomic E-state index is 0.0730. The Morgan fingerprint density at radius 2 is 1.85 bits per heavy atom. The Labute approximate surface area is 159 Å². The molecule has 0 radical (unpaired) electrons. The summed E-state index contributed by atoms with van der Waals surface area (Å²) in [6.45, 7) is 7.70. The van der Waals surface area contributed by atoms with Gasteiger partial charge in [0.2, 0.25) is 0 Å². The molecule has 0 aliphatic heterocycles. The van der Waals surface area contributed by atoms with Crippen LogP contribution in [-0.2, 0) is 9.47 Å². The number of hydrogen-bond acceptors (Lipinski definition) is 6. The molecule has 0 aromatic heterocycles. The number of carbonyl (C=O) groups excluding carboxylic acids is 2. The number of ether oxygens (including phenoxy) is 3. The zero-order valence-corrected chi connectivity index (χ0v) is 16.4. The maximum absolute atomic E-state index is 13.3. The smallest absolute Gasteiger partial charge is 0.407 e. The van der Waals surface area contributed by atoms with Gasteiger partial charge in [-0.05, 0) is 58.4 Å². The fraction of sp³-hybridized carbons (Fsp3) is 0.579. The summed E-state index contributed by atoms with van der Waals surface area (Å²) in [5.74, 6) is -0.853. The van der Waals surface area contributed by atoms with Crippen molar-refractivity contribution in [1.29, 1.82) is 0 Å². The molecule has 0 unspecified atom stereocenters. The maximum Gasteiger partial charge on any atom is 0.407 e. The third-order valence-corrected chi connectivity index (χ3v) is 3.32. The molecular weight excluding hydrogens is 355 g/mol. The number of hydrogen-bond donors (Lipinski definition) is 2. The first kappa shape index (κ1) is 22.7. The molecule has 0 heterocycles. The number of benzene rings is 1. The Bertz CT molecular complexity index is 617. The van der Waals surface area contributed by atoms with Gasteiger partial charge in [0.1, 0.15) is 22.7 Å². The lowest BCUT2D eigenvalue weighted by molar-refractivity contribution is 0.0527. The quantitative estimate of drug-likeness (QED) is 0.477. The molecule has 1 aromatic rings. The van der Waals surface area contributed by atoms with Crippen molar-refractivity contribution in [3.63, 3.8) is 0 Å². The van der Waals surface area contributed by atoms with Gasteiger partial charge in [0.05, 0.1) is 13.7 Å². The highest BCUT2D eigenvalue weighted by atomic mass is 19.1. The van der Waals surface area contributed by atoms with Crippen molar-refractivity contribution in [3.05, 3.63) is 29.6 Å². The van der Waals surface area contributed by atoms with Crippen LogP contribution in [0.25, 0.3) is 0 Å². The van der Waals surface area contributed by atoms with Crippen LogP contribution >= 0.6 is 0 Å². The van der Waals surface area contributed by atoms with Gasteiger partial charge in [-0.3, -0.25) is 0 Å². The fourth-order valence-corrected chi connectivity index (χ4v) is 2.12. The zero-order chi connectivity index (χ0) is 20.3. The van der Waals surface area contributed by atoms with Crippen molar-refractivity contribution in [2.24, 2.45) is 0 Å². The minimum atomic E-state index is -0.636. The maximum atomic E-state index is 13.3. The van der Waals surface area contributed by atoms with Gasteiger partial charge in [-0.25, -0.2) is 14.0 Å². The molecule has 0 fully saturated rings. The van der Waals surface area contributed by atoms with Gasteiger partial charge in [-0.2, -0.15) is 0 Å². The van der Waals surface area contributed by atoms with Crippen molar-refractivity contribution in [2.75, 3.05) is 33.4 Å². The van der Waals surface area contributed by atoms with Gasteiger partial charge in [0.15, 0.2) is 0 Å². The van der Waals surface area contributed by atoms with Crippen LogP contribution in [0.2, 0.25) is 0 Å². The van der Waals surface area contributed by atoms with E-state index < -0.39 is 23.5 Å². The Hall–Kier alpha value is -2.35. The number of carbonyl (C=O) groups is 2. The summed E-state index contributed by atoms with van der Waals surface area (Å²) in [5.41, 5.74) is -0.431. The predicted molar refractivity (Wildman–Crippen MR) is 99.6 cm³/mol. The first-order chi connectivity index (χ1) is 12.7. The van der Waals surface area contributed by atoms with Crippen molar-refractivity contribution < 1.29 is 28.2 Å². The van der Waals surface area contributed by atoms with Crippen molar-refractivity contribution >= 4 is 12.1 Å². The standard InChI is InChI=1S/C19H29FN2O5/c1-19(2,3)27-18(24)22-11-10-21-9-5-6-12-26-16-8-7-14(20)13-15(16)17(23)25-4/h7-8,13,21H,5-6,9-12H2,1-4H3,(H,22,24). The number of halogens is 1. The number of rotatable bonds is 10. The Morgan fingerprint density at radius 3 is 2.52 bits per heavy atom. The highest BCUT2D eigenvalue weighted by Gasteiger charge is 2.15. The molecule has 0 saturated carbocycles. The van der Waals surface area contributed by atoms with Gasteiger partial charge in [-0.15, -0.1) is 0 Å².